The number of guanidine groups is 1. The Balaban J connectivity index is 0.00000242. The predicted octanol–water partition coefficient (Wildman–Crippen LogP) is 1.99. The highest BCUT2D eigenvalue weighted by Crippen LogP contribution is 2.17. The van der Waals surface area contributed by atoms with Crippen LogP contribution in [0, 0.1) is 12.3 Å². The van der Waals surface area contributed by atoms with Crippen molar-refractivity contribution in [3.63, 3.8) is 0 Å². The molecular weight excluding hydrogens is 389 g/mol. The maximum absolute atomic E-state index is 5.25. The molecule has 0 aliphatic carbocycles. The van der Waals surface area contributed by atoms with Gasteiger partial charge in [-0.15, -0.1) is 30.4 Å². The number of rotatable bonds is 5. The Morgan fingerprint density at radius 1 is 1.36 bits per heavy atom. The molecule has 0 aromatic carbocycles. The molecule has 0 unspecified atom stereocenters. The molecule has 2 rings (SSSR count). The zero-order valence-corrected chi connectivity index (χ0v) is 15.3. The van der Waals surface area contributed by atoms with Crippen molar-refractivity contribution < 1.29 is 0 Å². The van der Waals surface area contributed by atoms with Crippen LogP contribution in [0.25, 0.3) is 0 Å². The second kappa shape index (κ2) is 10.3. The van der Waals surface area contributed by atoms with E-state index in [1.54, 1.807) is 0 Å². The molecule has 1 aromatic rings. The second-order valence-electron chi connectivity index (χ2n) is 4.97. The van der Waals surface area contributed by atoms with Crippen molar-refractivity contribution in [3.8, 4) is 12.3 Å². The molecule has 0 atom stereocenters. The minimum Gasteiger partial charge on any atom is -0.357 e. The standard InChI is InChI=1S/C16H23N5.HI/c1-3-9-18-16(17-4-2)20-13-14-7-8-15(19-12-14)21-10-5-6-11-21;/h1,7-8,12H,4-6,9-11,13H2,2H3,(H2,17,18,20);1H. The van der Waals surface area contributed by atoms with Gasteiger partial charge in [-0.1, -0.05) is 12.0 Å². The smallest absolute Gasteiger partial charge is 0.192 e. The minimum atomic E-state index is 0. The van der Waals surface area contributed by atoms with E-state index in [0.29, 0.717) is 13.1 Å². The summed E-state index contributed by atoms with van der Waals surface area (Å²) in [5.41, 5.74) is 1.09. The van der Waals surface area contributed by atoms with Gasteiger partial charge in [-0.05, 0) is 31.4 Å². The topological polar surface area (TPSA) is 52.6 Å². The van der Waals surface area contributed by atoms with Crippen LogP contribution < -0.4 is 15.5 Å². The van der Waals surface area contributed by atoms with Crippen molar-refractivity contribution in [1.29, 1.82) is 0 Å². The van der Waals surface area contributed by atoms with E-state index in [1.807, 2.05) is 13.1 Å². The molecule has 1 aliphatic rings. The molecule has 2 N–H and O–H groups in total. The summed E-state index contributed by atoms with van der Waals surface area (Å²) in [7, 11) is 0. The van der Waals surface area contributed by atoms with E-state index in [2.05, 4.69) is 43.6 Å². The molecular formula is C16H24IN5. The van der Waals surface area contributed by atoms with Gasteiger partial charge in [0.2, 0.25) is 0 Å². The molecule has 1 saturated heterocycles. The van der Waals surface area contributed by atoms with Crippen LogP contribution in [0.2, 0.25) is 0 Å². The summed E-state index contributed by atoms with van der Waals surface area (Å²) in [5, 5.41) is 6.23. The van der Waals surface area contributed by atoms with Crippen LogP contribution in [-0.2, 0) is 6.54 Å². The third-order valence-corrected chi connectivity index (χ3v) is 3.36. The molecule has 5 nitrogen and oxygen atoms in total. The van der Waals surface area contributed by atoms with E-state index in [9.17, 15) is 0 Å². The highest BCUT2D eigenvalue weighted by Gasteiger charge is 2.12. The molecule has 22 heavy (non-hydrogen) atoms. The van der Waals surface area contributed by atoms with Gasteiger partial charge in [0.25, 0.3) is 0 Å². The molecule has 1 aromatic heterocycles. The average molecular weight is 413 g/mol. The Labute approximate surface area is 150 Å². The molecule has 1 fully saturated rings. The van der Waals surface area contributed by atoms with Crippen molar-refractivity contribution in [1.82, 2.24) is 15.6 Å². The third kappa shape index (κ3) is 5.72. The predicted molar refractivity (Wildman–Crippen MR) is 103 cm³/mol. The quantitative estimate of drug-likeness (QED) is 0.336. The lowest BCUT2D eigenvalue weighted by atomic mass is 10.3. The van der Waals surface area contributed by atoms with E-state index >= 15 is 0 Å². The number of aromatic nitrogens is 1. The van der Waals surface area contributed by atoms with Gasteiger partial charge in [0.1, 0.15) is 5.82 Å². The van der Waals surface area contributed by atoms with Gasteiger partial charge in [0.05, 0.1) is 13.1 Å². The normalized spacial score (nSPS) is 14.2. The maximum atomic E-state index is 5.25. The van der Waals surface area contributed by atoms with E-state index in [1.165, 1.54) is 12.8 Å². The van der Waals surface area contributed by atoms with Crippen LogP contribution >= 0.6 is 24.0 Å². The highest BCUT2D eigenvalue weighted by molar-refractivity contribution is 14.0. The fraction of sp³-hybridized carbons (Fsp3) is 0.500. The fourth-order valence-electron chi connectivity index (χ4n) is 2.29. The summed E-state index contributed by atoms with van der Waals surface area (Å²) in [5.74, 6) is 4.35. The van der Waals surface area contributed by atoms with E-state index in [0.717, 1.165) is 37.0 Å². The highest BCUT2D eigenvalue weighted by atomic mass is 127. The second-order valence-corrected chi connectivity index (χ2v) is 4.97. The third-order valence-electron chi connectivity index (χ3n) is 3.36. The van der Waals surface area contributed by atoms with Gasteiger partial charge in [-0.25, -0.2) is 9.98 Å². The first-order chi connectivity index (χ1) is 10.3. The number of terminal acetylenes is 1. The van der Waals surface area contributed by atoms with Crippen LogP contribution in [0.3, 0.4) is 0 Å². The summed E-state index contributed by atoms with van der Waals surface area (Å²) < 4.78 is 0. The van der Waals surface area contributed by atoms with Crippen molar-refractivity contribution in [2.75, 3.05) is 31.1 Å². The lowest BCUT2D eigenvalue weighted by Gasteiger charge is -2.16. The number of hydrogen-bond donors (Lipinski definition) is 2. The van der Waals surface area contributed by atoms with E-state index in [-0.39, 0.29) is 24.0 Å². The Bertz CT molecular complexity index is 500. The minimum absolute atomic E-state index is 0. The Morgan fingerprint density at radius 2 is 2.14 bits per heavy atom. The monoisotopic (exact) mass is 413 g/mol. The van der Waals surface area contributed by atoms with Gasteiger partial charge in [0.15, 0.2) is 5.96 Å². The number of anilines is 1. The molecule has 6 heteroatoms. The van der Waals surface area contributed by atoms with Crippen molar-refractivity contribution in [3.05, 3.63) is 23.9 Å². The van der Waals surface area contributed by atoms with Crippen LogP contribution in [0.4, 0.5) is 5.82 Å². The van der Waals surface area contributed by atoms with Gasteiger partial charge in [0, 0.05) is 25.8 Å². The first-order valence-corrected chi connectivity index (χ1v) is 7.49. The molecule has 0 bridgehead atoms. The van der Waals surface area contributed by atoms with Gasteiger partial charge >= 0.3 is 0 Å². The average Bonchev–Trinajstić information content (AvgIpc) is 3.05. The summed E-state index contributed by atoms with van der Waals surface area (Å²) in [6, 6.07) is 4.17. The number of halogens is 1. The van der Waals surface area contributed by atoms with Crippen LogP contribution in [0.5, 0.6) is 0 Å². The van der Waals surface area contributed by atoms with E-state index in [4.69, 9.17) is 6.42 Å². The van der Waals surface area contributed by atoms with Crippen LogP contribution in [0.15, 0.2) is 23.3 Å². The summed E-state index contributed by atoms with van der Waals surface area (Å²) in [6.45, 7) is 6.13. The zero-order valence-electron chi connectivity index (χ0n) is 13.0. The number of aliphatic imine (C=N–C) groups is 1. The van der Waals surface area contributed by atoms with E-state index < -0.39 is 0 Å². The molecule has 0 radical (unpaired) electrons. The maximum Gasteiger partial charge on any atom is 0.192 e. The van der Waals surface area contributed by atoms with Gasteiger partial charge in [-0.3, -0.25) is 0 Å². The van der Waals surface area contributed by atoms with Crippen molar-refractivity contribution >= 4 is 35.8 Å². The van der Waals surface area contributed by atoms with Crippen LogP contribution in [0.1, 0.15) is 25.3 Å². The SMILES string of the molecule is C#CCNC(=NCc1ccc(N2CCCC2)nc1)NCC.I. The number of nitrogens with one attached hydrogen (secondary N) is 2. The first-order valence-electron chi connectivity index (χ1n) is 7.49. The Kier molecular flexibility index (Phi) is 8.67. The summed E-state index contributed by atoms with van der Waals surface area (Å²) >= 11 is 0. The van der Waals surface area contributed by atoms with Gasteiger partial charge < -0.3 is 15.5 Å². The molecule has 0 spiro atoms. The lowest BCUT2D eigenvalue weighted by Crippen LogP contribution is -2.37. The largest absolute Gasteiger partial charge is 0.357 e. The van der Waals surface area contributed by atoms with Crippen molar-refractivity contribution in [2.45, 2.75) is 26.3 Å². The summed E-state index contributed by atoms with van der Waals surface area (Å²) in [4.78, 5) is 11.3. The Morgan fingerprint density at radius 3 is 2.73 bits per heavy atom. The number of hydrogen-bond acceptors (Lipinski definition) is 3. The first kappa shape index (κ1) is 18.6. The number of pyridine rings is 1. The lowest BCUT2D eigenvalue weighted by molar-refractivity contribution is 0.862. The summed E-state index contributed by atoms with van der Waals surface area (Å²) in [6.07, 6.45) is 9.68. The molecule has 1 aliphatic heterocycles. The molecule has 0 amide bonds. The molecule has 2 heterocycles. The molecule has 0 saturated carbocycles. The van der Waals surface area contributed by atoms with Crippen molar-refractivity contribution in [2.24, 2.45) is 4.99 Å². The Hall–Kier alpha value is -1.49. The molecule has 120 valence electrons. The van der Waals surface area contributed by atoms with Gasteiger partial charge in [-0.2, -0.15) is 0 Å². The zero-order chi connectivity index (χ0) is 14.9. The van der Waals surface area contributed by atoms with Crippen LogP contribution in [-0.4, -0.2) is 37.1 Å². The number of nitrogens with zero attached hydrogens (tertiary/aromatic N) is 3. The fourth-order valence-corrected chi connectivity index (χ4v) is 2.29.